The van der Waals surface area contributed by atoms with Crippen LogP contribution in [0.15, 0.2) is 134 Å². The van der Waals surface area contributed by atoms with Crippen molar-refractivity contribution in [3.8, 4) is 0 Å². The van der Waals surface area contributed by atoms with Gasteiger partial charge in [-0.15, -0.1) is 0 Å². The predicted octanol–water partition coefficient (Wildman–Crippen LogP) is 17.4. The molecule has 0 aromatic heterocycles. The van der Waals surface area contributed by atoms with Gasteiger partial charge in [0, 0.05) is 6.42 Å². The van der Waals surface area contributed by atoms with Crippen LogP contribution < -0.4 is 5.32 Å². The molecule has 12 atom stereocenters. The van der Waals surface area contributed by atoms with E-state index in [1.807, 2.05) is 6.08 Å². The number of rotatable bonds is 63. The van der Waals surface area contributed by atoms with Crippen LogP contribution in [-0.4, -0.2) is 140 Å². The minimum atomic E-state index is -1.80. The number of aliphatic hydroxyl groups is 8. The maximum Gasteiger partial charge on any atom is 0.220 e. The smallest absolute Gasteiger partial charge is 0.220 e. The zero-order chi connectivity index (χ0) is 70.1. The van der Waals surface area contributed by atoms with Gasteiger partial charge in [0.25, 0.3) is 0 Å². The number of carbonyl (C=O) groups excluding carboxylic acids is 1. The van der Waals surface area contributed by atoms with E-state index in [-0.39, 0.29) is 18.9 Å². The van der Waals surface area contributed by atoms with Crippen LogP contribution >= 0.6 is 0 Å². The molecule has 0 radical (unpaired) electrons. The molecule has 0 spiro atoms. The van der Waals surface area contributed by atoms with Crippen LogP contribution in [0.3, 0.4) is 0 Å². The van der Waals surface area contributed by atoms with Crippen molar-refractivity contribution in [2.75, 3.05) is 19.8 Å². The molecule has 2 aliphatic rings. The van der Waals surface area contributed by atoms with Crippen LogP contribution in [0, 0.1) is 0 Å². The molecular weight excluding hydrogens is 1220 g/mol. The van der Waals surface area contributed by atoms with Gasteiger partial charge in [-0.05, 0) is 103 Å². The van der Waals surface area contributed by atoms with Crippen LogP contribution in [0.25, 0.3) is 0 Å². The molecule has 14 nitrogen and oxygen atoms in total. The molecule has 556 valence electrons. The van der Waals surface area contributed by atoms with E-state index in [2.05, 4.69) is 141 Å². The number of carbonyl (C=O) groups is 1. The highest BCUT2D eigenvalue weighted by Gasteiger charge is 2.51. The standard InChI is InChI=1S/C83H141NO13/c1-3-5-7-9-11-13-15-17-19-21-23-25-27-29-31-33-34-35-36-37-38-39-41-43-45-47-49-51-53-55-57-59-61-63-65-67-75(88)84-71(70-94-82-80(93)78(91)81(74(69-86)96-82)97-83-79(92)77(90)76(89)73(68-85)95-83)72(87)66-64-62-60-58-56-54-52-50-48-46-44-42-40-32-30-28-26-24-22-20-18-16-14-12-10-8-6-4-2/h5,7,11,13,17,19,23,25,29,31,34-35,37-38,41,43,47,49,56,58,64,66,71-74,76-83,85-87,89-93H,3-4,6,8-10,12,14-16,18,20-22,24,26-28,30,32-33,36,39-40,42,44-46,48,50-55,57,59-63,65,67-70H2,1-2H3,(H,84,88)/b7-5-,13-11-,19-17-,25-23-,31-29-,35-34-,38-37-,43-41-,49-47-,58-56+,66-64+. The SMILES string of the molecule is CC/C=C\C/C=C\C/C=C\C/C=C\C/C=C\C/C=C\C/C=C\C/C=C\C/C=C\CCCCCCCCCC(=O)NC(COC1OC(CO)C(OC2OC(CO)C(O)C(O)C2O)C(O)C1O)C(O)/C=C/CC/C=C/CCCCCCCCCCCCCCCCCCCCCCCC. The summed E-state index contributed by atoms with van der Waals surface area (Å²) in [4.78, 5) is 13.4. The maximum atomic E-state index is 13.4. The third-order valence-corrected chi connectivity index (χ3v) is 18.1. The molecule has 2 rings (SSSR count). The quantitative estimate of drug-likeness (QED) is 0.0204. The van der Waals surface area contributed by atoms with Gasteiger partial charge in [-0.2, -0.15) is 0 Å². The second-order valence-corrected chi connectivity index (χ2v) is 26.7. The number of nitrogens with one attached hydrogen (secondary N) is 1. The summed E-state index contributed by atoms with van der Waals surface area (Å²) in [6.45, 7) is 2.68. The van der Waals surface area contributed by atoms with Gasteiger partial charge in [0.15, 0.2) is 12.6 Å². The van der Waals surface area contributed by atoms with Gasteiger partial charge in [0.1, 0.15) is 48.8 Å². The molecule has 2 saturated heterocycles. The average Bonchev–Trinajstić information content (AvgIpc) is 0.793. The van der Waals surface area contributed by atoms with E-state index in [4.69, 9.17) is 18.9 Å². The van der Waals surface area contributed by atoms with E-state index in [1.165, 1.54) is 141 Å². The summed E-state index contributed by atoms with van der Waals surface area (Å²) in [6, 6.07) is -0.950. The van der Waals surface area contributed by atoms with Gasteiger partial charge in [0.2, 0.25) is 5.91 Å². The third kappa shape index (κ3) is 48.6. The molecule has 12 unspecified atom stereocenters. The van der Waals surface area contributed by atoms with Crippen molar-refractivity contribution >= 4 is 5.91 Å². The second kappa shape index (κ2) is 65.4. The van der Waals surface area contributed by atoms with Crippen LogP contribution in [-0.2, 0) is 23.7 Å². The van der Waals surface area contributed by atoms with E-state index < -0.39 is 86.8 Å². The van der Waals surface area contributed by atoms with Gasteiger partial charge < -0.3 is 65.1 Å². The Bertz CT molecular complexity index is 2140. The first kappa shape index (κ1) is 89.2. The van der Waals surface area contributed by atoms with E-state index in [9.17, 15) is 45.6 Å². The molecule has 97 heavy (non-hydrogen) atoms. The normalized spacial score (nSPS) is 22.9. The Morgan fingerprint density at radius 1 is 0.381 bits per heavy atom. The molecule has 2 heterocycles. The summed E-state index contributed by atoms with van der Waals surface area (Å²) in [6.07, 6.45) is 80.9. The Hall–Kier alpha value is -3.87. The number of aliphatic hydroxyl groups excluding tert-OH is 8. The molecular formula is C83H141NO13. The summed E-state index contributed by atoms with van der Waals surface area (Å²) in [7, 11) is 0. The van der Waals surface area contributed by atoms with Gasteiger partial charge in [-0.25, -0.2) is 0 Å². The molecule has 2 fully saturated rings. The lowest BCUT2D eigenvalue weighted by atomic mass is 9.97. The van der Waals surface area contributed by atoms with E-state index in [0.29, 0.717) is 12.8 Å². The van der Waals surface area contributed by atoms with Crippen molar-refractivity contribution < 1.29 is 64.6 Å². The molecule has 1 amide bonds. The highest BCUT2D eigenvalue weighted by atomic mass is 16.7. The van der Waals surface area contributed by atoms with Gasteiger partial charge >= 0.3 is 0 Å². The largest absolute Gasteiger partial charge is 0.394 e. The van der Waals surface area contributed by atoms with Crippen molar-refractivity contribution in [2.45, 2.75) is 364 Å². The fourth-order valence-corrected chi connectivity index (χ4v) is 11.9. The fourth-order valence-electron chi connectivity index (χ4n) is 11.9. The fraction of sp³-hybridized carbons (Fsp3) is 0.723. The average molecular weight is 1360 g/mol. The Morgan fingerprint density at radius 3 is 1.13 bits per heavy atom. The topological polar surface area (TPSA) is 228 Å². The molecule has 0 aliphatic carbocycles. The number of hydrogen-bond acceptors (Lipinski definition) is 13. The van der Waals surface area contributed by atoms with Crippen LogP contribution in [0.2, 0.25) is 0 Å². The molecule has 0 aromatic carbocycles. The highest BCUT2D eigenvalue weighted by Crippen LogP contribution is 2.30. The van der Waals surface area contributed by atoms with Crippen molar-refractivity contribution in [1.82, 2.24) is 5.32 Å². The Labute approximate surface area is 590 Å². The summed E-state index contributed by atoms with van der Waals surface area (Å²) in [5.41, 5.74) is 0. The van der Waals surface area contributed by atoms with Crippen molar-refractivity contribution in [2.24, 2.45) is 0 Å². The monoisotopic (exact) mass is 1360 g/mol. The minimum Gasteiger partial charge on any atom is -0.394 e. The lowest BCUT2D eigenvalue weighted by Crippen LogP contribution is -2.65. The van der Waals surface area contributed by atoms with Crippen molar-refractivity contribution in [3.05, 3.63) is 134 Å². The lowest BCUT2D eigenvalue weighted by molar-refractivity contribution is -0.359. The Kier molecular flexibility index (Phi) is 60.2. The van der Waals surface area contributed by atoms with Crippen LogP contribution in [0.5, 0.6) is 0 Å². The first-order chi connectivity index (χ1) is 47.6. The van der Waals surface area contributed by atoms with Crippen LogP contribution in [0.1, 0.15) is 290 Å². The molecule has 0 bridgehead atoms. The molecule has 9 N–H and O–H groups in total. The summed E-state index contributed by atoms with van der Waals surface area (Å²) < 4.78 is 22.9. The lowest BCUT2D eigenvalue weighted by Gasteiger charge is -2.46. The zero-order valence-corrected chi connectivity index (χ0v) is 60.8. The van der Waals surface area contributed by atoms with Gasteiger partial charge in [-0.3, -0.25) is 4.79 Å². The van der Waals surface area contributed by atoms with E-state index in [0.717, 1.165) is 116 Å². The van der Waals surface area contributed by atoms with E-state index in [1.54, 1.807) is 6.08 Å². The number of ether oxygens (including phenoxy) is 4. The molecule has 2 aliphatic heterocycles. The Balaban J connectivity index is 1.67. The minimum absolute atomic E-state index is 0.252. The molecule has 14 heteroatoms. The van der Waals surface area contributed by atoms with Crippen molar-refractivity contribution in [1.29, 1.82) is 0 Å². The third-order valence-electron chi connectivity index (χ3n) is 18.1. The number of amides is 1. The summed E-state index contributed by atoms with van der Waals surface area (Å²) >= 11 is 0. The molecule has 0 aromatic rings. The van der Waals surface area contributed by atoms with Crippen molar-refractivity contribution in [3.63, 3.8) is 0 Å². The van der Waals surface area contributed by atoms with Gasteiger partial charge in [-0.1, -0.05) is 314 Å². The van der Waals surface area contributed by atoms with Crippen LogP contribution in [0.4, 0.5) is 0 Å². The van der Waals surface area contributed by atoms with Gasteiger partial charge in [0.05, 0.1) is 32.0 Å². The Morgan fingerprint density at radius 2 is 0.722 bits per heavy atom. The molecule has 0 saturated carbocycles. The first-order valence-electron chi connectivity index (χ1n) is 38.9. The first-order valence-corrected chi connectivity index (χ1v) is 38.9. The number of unbranched alkanes of at least 4 members (excludes halogenated alkanes) is 30. The summed E-state index contributed by atoms with van der Waals surface area (Å²) in [5.74, 6) is -0.263. The highest BCUT2D eigenvalue weighted by molar-refractivity contribution is 5.76. The van der Waals surface area contributed by atoms with E-state index >= 15 is 0 Å². The number of hydrogen-bond donors (Lipinski definition) is 9. The summed E-state index contributed by atoms with van der Waals surface area (Å²) in [5, 5.41) is 87.6. The number of allylic oxidation sites excluding steroid dienone is 21. The maximum absolute atomic E-state index is 13.4. The zero-order valence-electron chi connectivity index (χ0n) is 60.8. The predicted molar refractivity (Wildman–Crippen MR) is 401 cm³/mol. The second-order valence-electron chi connectivity index (χ2n) is 26.7.